The fourth-order valence-corrected chi connectivity index (χ4v) is 3.16. The first-order valence-electron chi connectivity index (χ1n) is 7.67. The van der Waals surface area contributed by atoms with E-state index in [0.717, 1.165) is 13.1 Å². The van der Waals surface area contributed by atoms with Crippen LogP contribution in [0.2, 0.25) is 0 Å². The number of hydrogen-bond donors (Lipinski definition) is 1. The van der Waals surface area contributed by atoms with Crippen LogP contribution in [0.3, 0.4) is 0 Å². The summed E-state index contributed by atoms with van der Waals surface area (Å²) >= 11 is 0. The van der Waals surface area contributed by atoms with Gasteiger partial charge in [-0.2, -0.15) is 0 Å². The van der Waals surface area contributed by atoms with Crippen LogP contribution in [0.25, 0.3) is 0 Å². The number of carbonyl (C=O) groups excluding carboxylic acids is 1. The molecule has 2 fully saturated rings. The van der Waals surface area contributed by atoms with Gasteiger partial charge < -0.3 is 14.9 Å². The Hall–Kier alpha value is -1.10. The molecule has 0 spiro atoms. The summed E-state index contributed by atoms with van der Waals surface area (Å²) in [4.78, 5) is 27.7. The molecular formula is C15H26N2O3. The number of likely N-dealkylation sites (tertiary alicyclic amines) is 2. The van der Waals surface area contributed by atoms with E-state index >= 15 is 0 Å². The molecule has 2 rings (SSSR count). The maximum Gasteiger partial charge on any atom is 0.309 e. The molecule has 5 nitrogen and oxygen atoms in total. The Balaban J connectivity index is 1.81. The minimum atomic E-state index is -0.741. The molecule has 0 aromatic rings. The van der Waals surface area contributed by atoms with Crippen LogP contribution in [0.5, 0.6) is 0 Å². The van der Waals surface area contributed by atoms with Crippen molar-refractivity contribution in [2.24, 2.45) is 5.41 Å². The second-order valence-corrected chi connectivity index (χ2v) is 6.54. The van der Waals surface area contributed by atoms with Crippen LogP contribution in [0.1, 0.15) is 46.0 Å². The van der Waals surface area contributed by atoms with Crippen molar-refractivity contribution in [2.45, 2.75) is 52.0 Å². The van der Waals surface area contributed by atoms with E-state index in [1.54, 1.807) is 6.92 Å². The van der Waals surface area contributed by atoms with Gasteiger partial charge in [0.25, 0.3) is 0 Å². The summed E-state index contributed by atoms with van der Waals surface area (Å²) in [6, 6.07) is 0.304. The summed E-state index contributed by atoms with van der Waals surface area (Å²) in [5.41, 5.74) is -0.655. The number of nitrogens with zero attached hydrogens (tertiary/aromatic N) is 2. The largest absolute Gasteiger partial charge is 0.481 e. The number of carboxylic acid groups (broad SMARTS) is 1. The molecule has 2 saturated heterocycles. The molecule has 1 N–H and O–H groups in total. The Morgan fingerprint density at radius 2 is 1.70 bits per heavy atom. The summed E-state index contributed by atoms with van der Waals surface area (Å²) in [5.74, 6) is -0.563. The number of carbonyl (C=O) groups is 2. The lowest BCUT2D eigenvalue weighted by atomic mass is 9.80. The average Bonchev–Trinajstić information content (AvgIpc) is 2.93. The standard InChI is InChI=1S/C15H26N2O3/c1-12(16-7-3-4-8-16)11-13(18)17-9-5-15(2,6-10-17)14(19)20/h12H,3-11H2,1-2H3,(H,19,20)/t12-/m0/s1. The number of piperidine rings is 1. The van der Waals surface area contributed by atoms with Crippen molar-refractivity contribution in [3.8, 4) is 0 Å². The molecule has 0 aromatic heterocycles. The minimum Gasteiger partial charge on any atom is -0.481 e. The van der Waals surface area contributed by atoms with E-state index in [1.165, 1.54) is 12.8 Å². The third-order valence-electron chi connectivity index (χ3n) is 4.97. The lowest BCUT2D eigenvalue weighted by Crippen LogP contribution is -2.46. The molecule has 1 atom stereocenters. The number of carboxylic acids is 1. The van der Waals surface area contributed by atoms with Crippen LogP contribution in [-0.2, 0) is 9.59 Å². The number of amides is 1. The van der Waals surface area contributed by atoms with Gasteiger partial charge in [-0.15, -0.1) is 0 Å². The molecular weight excluding hydrogens is 256 g/mol. The summed E-state index contributed by atoms with van der Waals surface area (Å²) in [6.45, 7) is 7.26. The second kappa shape index (κ2) is 6.12. The van der Waals surface area contributed by atoms with Crippen molar-refractivity contribution in [1.29, 1.82) is 0 Å². The van der Waals surface area contributed by atoms with Crippen molar-refractivity contribution in [3.63, 3.8) is 0 Å². The molecule has 0 aromatic carbocycles. The van der Waals surface area contributed by atoms with Crippen LogP contribution in [0.4, 0.5) is 0 Å². The van der Waals surface area contributed by atoms with Crippen molar-refractivity contribution < 1.29 is 14.7 Å². The zero-order valence-corrected chi connectivity index (χ0v) is 12.6. The Bertz CT molecular complexity index is 369. The fraction of sp³-hybridized carbons (Fsp3) is 0.867. The third kappa shape index (κ3) is 3.32. The third-order valence-corrected chi connectivity index (χ3v) is 4.97. The molecule has 5 heteroatoms. The van der Waals surface area contributed by atoms with E-state index in [9.17, 15) is 14.7 Å². The molecule has 2 aliphatic rings. The van der Waals surface area contributed by atoms with Crippen LogP contribution in [0.15, 0.2) is 0 Å². The quantitative estimate of drug-likeness (QED) is 0.850. The second-order valence-electron chi connectivity index (χ2n) is 6.54. The molecule has 0 aliphatic carbocycles. The van der Waals surface area contributed by atoms with Crippen molar-refractivity contribution >= 4 is 11.9 Å². The zero-order valence-electron chi connectivity index (χ0n) is 12.6. The molecule has 0 radical (unpaired) electrons. The Morgan fingerprint density at radius 1 is 1.15 bits per heavy atom. The van der Waals surface area contributed by atoms with Crippen molar-refractivity contribution in [1.82, 2.24) is 9.80 Å². The van der Waals surface area contributed by atoms with E-state index in [2.05, 4.69) is 11.8 Å². The molecule has 2 heterocycles. The topological polar surface area (TPSA) is 60.9 Å². The summed E-state index contributed by atoms with van der Waals surface area (Å²) in [6.07, 6.45) is 4.15. The molecule has 2 aliphatic heterocycles. The summed E-state index contributed by atoms with van der Waals surface area (Å²) in [5, 5.41) is 9.20. The molecule has 0 saturated carbocycles. The zero-order chi connectivity index (χ0) is 14.8. The van der Waals surface area contributed by atoms with Gasteiger partial charge in [0.15, 0.2) is 0 Å². The van der Waals surface area contributed by atoms with E-state index in [0.29, 0.717) is 38.4 Å². The predicted molar refractivity (Wildman–Crippen MR) is 76.4 cm³/mol. The van der Waals surface area contributed by atoms with Gasteiger partial charge in [-0.3, -0.25) is 9.59 Å². The molecule has 0 bridgehead atoms. The first-order chi connectivity index (χ1) is 9.42. The number of aliphatic carboxylic acids is 1. The van der Waals surface area contributed by atoms with Gasteiger partial charge in [0.05, 0.1) is 5.41 Å². The van der Waals surface area contributed by atoms with Gasteiger partial charge in [-0.05, 0) is 52.6 Å². The number of rotatable bonds is 4. The lowest BCUT2D eigenvalue weighted by molar-refractivity contribution is -0.153. The maximum atomic E-state index is 12.3. The molecule has 1 amide bonds. The van der Waals surface area contributed by atoms with Crippen LogP contribution >= 0.6 is 0 Å². The van der Waals surface area contributed by atoms with Gasteiger partial charge in [-0.1, -0.05) is 0 Å². The number of hydrogen-bond acceptors (Lipinski definition) is 3. The van der Waals surface area contributed by atoms with Crippen LogP contribution in [-0.4, -0.2) is 59.0 Å². The van der Waals surface area contributed by atoms with Gasteiger partial charge in [-0.25, -0.2) is 0 Å². The van der Waals surface area contributed by atoms with Gasteiger partial charge in [0.1, 0.15) is 0 Å². The van der Waals surface area contributed by atoms with Crippen LogP contribution in [0, 0.1) is 5.41 Å². The highest BCUT2D eigenvalue weighted by atomic mass is 16.4. The molecule has 0 unspecified atom stereocenters. The fourth-order valence-electron chi connectivity index (χ4n) is 3.16. The smallest absolute Gasteiger partial charge is 0.309 e. The average molecular weight is 282 g/mol. The highest BCUT2D eigenvalue weighted by Gasteiger charge is 2.38. The first-order valence-corrected chi connectivity index (χ1v) is 7.67. The van der Waals surface area contributed by atoms with Crippen molar-refractivity contribution in [2.75, 3.05) is 26.2 Å². The maximum absolute atomic E-state index is 12.3. The van der Waals surface area contributed by atoms with E-state index in [4.69, 9.17) is 0 Å². The summed E-state index contributed by atoms with van der Waals surface area (Å²) in [7, 11) is 0. The first kappa shape index (κ1) is 15.3. The minimum absolute atomic E-state index is 0.178. The van der Waals surface area contributed by atoms with Gasteiger partial charge in [0.2, 0.25) is 5.91 Å². The van der Waals surface area contributed by atoms with Crippen molar-refractivity contribution in [3.05, 3.63) is 0 Å². The Kier molecular flexibility index (Phi) is 4.68. The van der Waals surface area contributed by atoms with E-state index in [1.807, 2.05) is 4.90 Å². The predicted octanol–water partition coefficient (Wildman–Crippen LogP) is 1.57. The summed E-state index contributed by atoms with van der Waals surface area (Å²) < 4.78 is 0. The Labute approximate surface area is 120 Å². The van der Waals surface area contributed by atoms with E-state index < -0.39 is 11.4 Å². The monoisotopic (exact) mass is 282 g/mol. The van der Waals surface area contributed by atoms with E-state index in [-0.39, 0.29) is 5.91 Å². The SMILES string of the molecule is C[C@@H](CC(=O)N1CCC(C)(C(=O)O)CC1)N1CCCC1. The van der Waals surface area contributed by atoms with Gasteiger partial charge >= 0.3 is 5.97 Å². The Morgan fingerprint density at radius 3 is 2.20 bits per heavy atom. The highest BCUT2D eigenvalue weighted by Crippen LogP contribution is 2.31. The van der Waals surface area contributed by atoms with Crippen LogP contribution < -0.4 is 0 Å². The van der Waals surface area contributed by atoms with Gasteiger partial charge in [0, 0.05) is 25.6 Å². The molecule has 20 heavy (non-hydrogen) atoms. The lowest BCUT2D eigenvalue weighted by Gasteiger charge is -2.37. The normalized spacial score (nSPS) is 24.6. The highest BCUT2D eigenvalue weighted by molar-refractivity contribution is 5.78. The molecule has 114 valence electrons.